The van der Waals surface area contributed by atoms with E-state index in [-0.39, 0.29) is 5.91 Å². The Bertz CT molecular complexity index is 233. The van der Waals surface area contributed by atoms with Gasteiger partial charge in [-0.1, -0.05) is 17.7 Å². The van der Waals surface area contributed by atoms with Crippen molar-refractivity contribution in [1.29, 1.82) is 0 Å². The summed E-state index contributed by atoms with van der Waals surface area (Å²) in [7, 11) is 0. The van der Waals surface area contributed by atoms with E-state index >= 15 is 0 Å². The van der Waals surface area contributed by atoms with Gasteiger partial charge in [0, 0.05) is 24.0 Å². The minimum absolute atomic E-state index is 0.330. The van der Waals surface area contributed by atoms with E-state index in [2.05, 4.69) is 5.32 Å². The van der Waals surface area contributed by atoms with E-state index < -0.39 is 12.0 Å². The third-order valence-electron chi connectivity index (χ3n) is 1.26. The van der Waals surface area contributed by atoms with Crippen molar-refractivity contribution in [2.75, 3.05) is 11.5 Å². The van der Waals surface area contributed by atoms with Gasteiger partial charge in [0.25, 0.3) is 0 Å². The van der Waals surface area contributed by atoms with Crippen molar-refractivity contribution in [2.24, 2.45) is 0 Å². The van der Waals surface area contributed by atoms with Crippen LogP contribution in [-0.2, 0) is 9.59 Å². The SMILES string of the molecule is CC(=O)NC(CSCC=CCl)C(=O)O. The Labute approximate surface area is 91.7 Å². The highest BCUT2D eigenvalue weighted by molar-refractivity contribution is 7.99. The summed E-state index contributed by atoms with van der Waals surface area (Å²) in [5, 5.41) is 11.0. The predicted octanol–water partition coefficient (Wildman–Crippen LogP) is 1.06. The van der Waals surface area contributed by atoms with E-state index in [1.54, 1.807) is 6.08 Å². The highest BCUT2D eigenvalue weighted by Crippen LogP contribution is 2.04. The van der Waals surface area contributed by atoms with E-state index in [0.29, 0.717) is 11.5 Å². The first-order valence-electron chi connectivity index (χ1n) is 3.90. The van der Waals surface area contributed by atoms with Crippen LogP contribution in [0.25, 0.3) is 0 Å². The van der Waals surface area contributed by atoms with E-state index in [1.165, 1.54) is 24.2 Å². The second-order valence-electron chi connectivity index (χ2n) is 2.49. The van der Waals surface area contributed by atoms with Gasteiger partial charge in [0.2, 0.25) is 5.91 Å². The standard InChI is InChI=1S/C8H12ClNO3S/c1-6(11)10-7(8(12)13)5-14-4-2-3-9/h2-3,7H,4-5H2,1H3,(H,10,11)(H,12,13). The maximum Gasteiger partial charge on any atom is 0.327 e. The number of carbonyl (C=O) groups is 2. The molecule has 0 aliphatic heterocycles. The van der Waals surface area contributed by atoms with E-state index in [9.17, 15) is 9.59 Å². The summed E-state index contributed by atoms with van der Waals surface area (Å²) in [6.45, 7) is 1.29. The monoisotopic (exact) mass is 237 g/mol. The van der Waals surface area contributed by atoms with Gasteiger partial charge in [-0.2, -0.15) is 11.8 Å². The van der Waals surface area contributed by atoms with Crippen LogP contribution in [0.2, 0.25) is 0 Å². The van der Waals surface area contributed by atoms with Gasteiger partial charge < -0.3 is 10.4 Å². The molecule has 0 saturated carbocycles. The number of amides is 1. The second kappa shape index (κ2) is 7.70. The highest BCUT2D eigenvalue weighted by Gasteiger charge is 2.17. The number of thioether (sulfide) groups is 1. The quantitative estimate of drug-likeness (QED) is 0.678. The molecular formula is C8H12ClNO3S. The van der Waals surface area contributed by atoms with Crippen LogP contribution < -0.4 is 5.32 Å². The average Bonchev–Trinajstić information content (AvgIpc) is 2.09. The number of rotatable bonds is 6. The van der Waals surface area contributed by atoms with Crippen LogP contribution in [0, 0.1) is 0 Å². The van der Waals surface area contributed by atoms with Gasteiger partial charge in [0.1, 0.15) is 6.04 Å². The maximum atomic E-state index is 10.6. The molecule has 2 N–H and O–H groups in total. The van der Waals surface area contributed by atoms with Crippen molar-refractivity contribution in [3.63, 3.8) is 0 Å². The molecule has 4 nitrogen and oxygen atoms in total. The van der Waals surface area contributed by atoms with Crippen LogP contribution in [0.5, 0.6) is 0 Å². The van der Waals surface area contributed by atoms with Gasteiger partial charge >= 0.3 is 5.97 Å². The molecule has 0 heterocycles. The first kappa shape index (κ1) is 13.3. The molecule has 0 fully saturated rings. The third kappa shape index (κ3) is 6.80. The Balaban J connectivity index is 3.85. The van der Waals surface area contributed by atoms with Crippen molar-refractivity contribution in [3.05, 3.63) is 11.6 Å². The van der Waals surface area contributed by atoms with Gasteiger partial charge in [-0.25, -0.2) is 4.79 Å². The number of nitrogens with one attached hydrogen (secondary N) is 1. The molecule has 1 atom stereocenters. The summed E-state index contributed by atoms with van der Waals surface area (Å²) in [6.07, 6.45) is 1.71. The lowest BCUT2D eigenvalue weighted by Gasteiger charge is -2.11. The molecule has 80 valence electrons. The summed E-state index contributed by atoms with van der Waals surface area (Å²) in [6, 6.07) is -0.832. The van der Waals surface area contributed by atoms with Gasteiger partial charge in [-0.3, -0.25) is 4.79 Å². The van der Waals surface area contributed by atoms with Crippen molar-refractivity contribution >= 4 is 35.2 Å². The Morgan fingerprint density at radius 3 is 2.71 bits per heavy atom. The highest BCUT2D eigenvalue weighted by atomic mass is 35.5. The van der Waals surface area contributed by atoms with Crippen LogP contribution in [-0.4, -0.2) is 34.5 Å². The molecule has 1 unspecified atom stereocenters. The molecule has 1 amide bonds. The summed E-state index contributed by atoms with van der Waals surface area (Å²) < 4.78 is 0. The molecule has 0 aromatic rings. The largest absolute Gasteiger partial charge is 0.480 e. The topological polar surface area (TPSA) is 66.4 Å². The van der Waals surface area contributed by atoms with Crippen LogP contribution in [0.1, 0.15) is 6.92 Å². The van der Waals surface area contributed by atoms with Gasteiger partial charge in [0.05, 0.1) is 0 Å². The number of hydrogen-bond donors (Lipinski definition) is 2. The molecule has 0 spiro atoms. The first-order chi connectivity index (χ1) is 6.57. The predicted molar refractivity (Wildman–Crippen MR) is 57.6 cm³/mol. The number of aliphatic carboxylic acids is 1. The van der Waals surface area contributed by atoms with E-state index in [1.807, 2.05) is 0 Å². The molecule has 0 aliphatic carbocycles. The molecule has 6 heteroatoms. The fourth-order valence-corrected chi connectivity index (χ4v) is 1.74. The van der Waals surface area contributed by atoms with Crippen molar-refractivity contribution in [3.8, 4) is 0 Å². The lowest BCUT2D eigenvalue weighted by atomic mass is 10.3. The Morgan fingerprint density at radius 2 is 2.29 bits per heavy atom. The van der Waals surface area contributed by atoms with Crippen molar-refractivity contribution < 1.29 is 14.7 Å². The number of hydrogen-bond acceptors (Lipinski definition) is 3. The number of carbonyl (C=O) groups excluding carboxylic acids is 1. The lowest BCUT2D eigenvalue weighted by molar-refractivity contribution is -0.140. The van der Waals surface area contributed by atoms with Crippen molar-refractivity contribution in [2.45, 2.75) is 13.0 Å². The number of carboxylic acids is 1. The van der Waals surface area contributed by atoms with Gasteiger partial charge in [-0.15, -0.1) is 0 Å². The summed E-state index contributed by atoms with van der Waals surface area (Å²) in [5.74, 6) is -0.406. The zero-order valence-corrected chi connectivity index (χ0v) is 9.27. The minimum atomic E-state index is -1.03. The Hall–Kier alpha value is -0.680. The third-order valence-corrected chi connectivity index (χ3v) is 2.44. The zero-order chi connectivity index (χ0) is 11.0. The normalized spacial score (nSPS) is 12.7. The maximum absolute atomic E-state index is 10.6. The lowest BCUT2D eigenvalue weighted by Crippen LogP contribution is -2.41. The van der Waals surface area contributed by atoms with Crippen LogP contribution in [0.4, 0.5) is 0 Å². The fraction of sp³-hybridized carbons (Fsp3) is 0.500. The van der Waals surface area contributed by atoms with Crippen molar-refractivity contribution in [1.82, 2.24) is 5.32 Å². The molecular weight excluding hydrogens is 226 g/mol. The summed E-state index contributed by atoms with van der Waals surface area (Å²) in [5.41, 5.74) is 1.38. The van der Waals surface area contributed by atoms with Crippen LogP contribution in [0.3, 0.4) is 0 Å². The number of carboxylic acid groups (broad SMARTS) is 1. The number of halogens is 1. The summed E-state index contributed by atoms with van der Waals surface area (Å²) >= 11 is 6.67. The smallest absolute Gasteiger partial charge is 0.327 e. The molecule has 0 aromatic carbocycles. The first-order valence-corrected chi connectivity index (χ1v) is 5.50. The summed E-state index contributed by atoms with van der Waals surface area (Å²) in [4.78, 5) is 21.3. The van der Waals surface area contributed by atoms with Crippen LogP contribution >= 0.6 is 23.4 Å². The average molecular weight is 238 g/mol. The zero-order valence-electron chi connectivity index (χ0n) is 7.70. The Morgan fingerprint density at radius 1 is 1.64 bits per heavy atom. The van der Waals surface area contributed by atoms with Gasteiger partial charge in [-0.05, 0) is 0 Å². The van der Waals surface area contributed by atoms with Gasteiger partial charge in [0.15, 0.2) is 0 Å². The molecule has 14 heavy (non-hydrogen) atoms. The second-order valence-corrected chi connectivity index (χ2v) is 3.82. The van der Waals surface area contributed by atoms with Crippen LogP contribution in [0.15, 0.2) is 11.6 Å². The molecule has 0 bridgehead atoms. The molecule has 0 saturated heterocycles. The van der Waals surface area contributed by atoms with E-state index in [0.717, 1.165) is 0 Å². The Kier molecular flexibility index (Phi) is 7.32. The van der Waals surface area contributed by atoms with E-state index in [4.69, 9.17) is 16.7 Å². The molecule has 0 aliphatic rings. The molecule has 0 rings (SSSR count). The molecule has 0 radical (unpaired) electrons. The minimum Gasteiger partial charge on any atom is -0.480 e. The molecule has 0 aromatic heterocycles. The fourth-order valence-electron chi connectivity index (χ4n) is 0.710.